The lowest BCUT2D eigenvalue weighted by atomic mass is 9.86. The van der Waals surface area contributed by atoms with Crippen molar-refractivity contribution in [2.24, 2.45) is 0 Å². The smallest absolute Gasteiger partial charge is 0.162 e. The van der Waals surface area contributed by atoms with E-state index in [-0.39, 0.29) is 0 Å². The van der Waals surface area contributed by atoms with E-state index in [1.807, 2.05) is 0 Å². The van der Waals surface area contributed by atoms with Gasteiger partial charge in [0.1, 0.15) is 0 Å². The van der Waals surface area contributed by atoms with Crippen LogP contribution in [0.15, 0.2) is 0 Å². The van der Waals surface area contributed by atoms with E-state index < -0.39 is 11.2 Å². The van der Waals surface area contributed by atoms with Gasteiger partial charge in [0.05, 0.1) is 0 Å². The molecular weight excluding hydrogens is 224 g/mol. The number of hydrogen-bond donors (Lipinski definition) is 2. The average molecular weight is 250 g/mol. The molecule has 0 radical (unpaired) electrons. The number of rotatable bonds is 5. The van der Waals surface area contributed by atoms with Crippen LogP contribution in [0.5, 0.6) is 0 Å². The fourth-order valence-electron chi connectivity index (χ4n) is 1.24. The van der Waals surface area contributed by atoms with Gasteiger partial charge < -0.3 is 10.2 Å². The van der Waals surface area contributed by atoms with Crippen LogP contribution in [0.4, 0.5) is 0 Å². The maximum atomic E-state index is 10.2. The molecule has 2 atom stereocenters. The van der Waals surface area contributed by atoms with Crippen LogP contribution < -0.4 is 0 Å². The minimum absolute atomic E-state index is 0.742. The Morgan fingerprint density at radius 2 is 1.11 bits per heavy atom. The Balaban J connectivity index is 4.60. The Bertz CT molecular complexity index is 309. The first-order valence-corrected chi connectivity index (χ1v) is 6.82. The van der Waals surface area contributed by atoms with Crippen molar-refractivity contribution in [3.8, 4) is 23.7 Å². The highest BCUT2D eigenvalue weighted by Crippen LogP contribution is 2.20. The second-order valence-corrected chi connectivity index (χ2v) is 4.96. The van der Waals surface area contributed by atoms with Crippen molar-refractivity contribution in [1.29, 1.82) is 0 Å². The first-order chi connectivity index (χ1) is 8.37. The summed E-state index contributed by atoms with van der Waals surface area (Å²) in [5.41, 5.74) is -2.97. The molecular formula is C16H26O2. The lowest BCUT2D eigenvalue weighted by Gasteiger charge is -2.29. The molecule has 2 nitrogen and oxygen atoms in total. The summed E-state index contributed by atoms with van der Waals surface area (Å²) < 4.78 is 0. The van der Waals surface area contributed by atoms with Crippen LogP contribution >= 0.6 is 0 Å². The molecule has 0 saturated heterocycles. The van der Waals surface area contributed by atoms with Gasteiger partial charge >= 0.3 is 0 Å². The van der Waals surface area contributed by atoms with Crippen LogP contribution in [0.3, 0.4) is 0 Å². The molecule has 0 spiro atoms. The molecule has 0 aliphatic carbocycles. The monoisotopic (exact) mass is 250 g/mol. The first-order valence-electron chi connectivity index (χ1n) is 6.82. The maximum absolute atomic E-state index is 10.2. The Labute approximate surface area is 112 Å². The quantitative estimate of drug-likeness (QED) is 0.582. The molecule has 0 heterocycles. The zero-order chi connectivity index (χ0) is 14.1. The highest BCUT2D eigenvalue weighted by atomic mass is 16.3. The predicted octanol–water partition coefficient (Wildman–Crippen LogP) is 2.88. The summed E-state index contributed by atoms with van der Waals surface area (Å²) in [4.78, 5) is 0. The summed E-state index contributed by atoms with van der Waals surface area (Å²) in [7, 11) is 0. The van der Waals surface area contributed by atoms with Crippen LogP contribution in [0.1, 0.15) is 66.2 Å². The number of aliphatic hydroxyl groups is 2. The van der Waals surface area contributed by atoms with E-state index in [0.29, 0.717) is 0 Å². The molecule has 0 aliphatic heterocycles. The average Bonchev–Trinajstić information content (AvgIpc) is 2.30. The topological polar surface area (TPSA) is 40.5 Å². The van der Waals surface area contributed by atoms with Gasteiger partial charge in [0.15, 0.2) is 11.2 Å². The first kappa shape index (κ1) is 17.0. The van der Waals surface area contributed by atoms with Crippen molar-refractivity contribution in [1.82, 2.24) is 0 Å². The number of hydrogen-bond acceptors (Lipinski definition) is 2. The van der Waals surface area contributed by atoms with Crippen LogP contribution in [0.25, 0.3) is 0 Å². The molecule has 0 aromatic heterocycles. The summed E-state index contributed by atoms with van der Waals surface area (Å²) in [6, 6.07) is 0. The van der Waals surface area contributed by atoms with Gasteiger partial charge in [0.2, 0.25) is 0 Å². The van der Waals surface area contributed by atoms with Crippen LogP contribution in [-0.2, 0) is 0 Å². The van der Waals surface area contributed by atoms with E-state index in [0.717, 1.165) is 38.5 Å². The summed E-state index contributed by atoms with van der Waals surface area (Å²) in [5.74, 6) is 11.3. The fourth-order valence-corrected chi connectivity index (χ4v) is 1.24. The summed E-state index contributed by atoms with van der Waals surface area (Å²) in [6.07, 6.45) is 5.65. The van der Waals surface area contributed by atoms with E-state index in [9.17, 15) is 10.2 Å². The third kappa shape index (κ3) is 6.10. The minimum atomic E-state index is -1.49. The van der Waals surface area contributed by atoms with Crippen molar-refractivity contribution in [2.75, 3.05) is 0 Å². The highest BCUT2D eigenvalue weighted by molar-refractivity contribution is 5.28. The standard InChI is InChI=1S/C16H26O2/c1-5-7-9-11-13-15(3,17)16(4,18)14-12-10-8-6-2/h17-18H,5-10H2,1-4H3. The molecule has 2 heteroatoms. The Morgan fingerprint density at radius 3 is 1.39 bits per heavy atom. The van der Waals surface area contributed by atoms with E-state index in [1.165, 1.54) is 13.8 Å². The van der Waals surface area contributed by atoms with Gasteiger partial charge in [-0.1, -0.05) is 38.5 Å². The van der Waals surface area contributed by atoms with E-state index in [4.69, 9.17) is 0 Å². The lowest BCUT2D eigenvalue weighted by molar-refractivity contribution is -0.0553. The van der Waals surface area contributed by atoms with Crippen molar-refractivity contribution in [3.05, 3.63) is 0 Å². The second kappa shape index (κ2) is 8.20. The van der Waals surface area contributed by atoms with Gasteiger partial charge in [-0.15, -0.1) is 11.8 Å². The predicted molar refractivity (Wildman–Crippen MR) is 75.8 cm³/mol. The third-order valence-corrected chi connectivity index (χ3v) is 2.92. The number of unbranched alkanes of at least 4 members (excludes halogenated alkanes) is 4. The lowest BCUT2D eigenvalue weighted by Crippen LogP contribution is -2.48. The normalized spacial score (nSPS) is 16.6. The maximum Gasteiger partial charge on any atom is 0.162 e. The van der Waals surface area contributed by atoms with Crippen molar-refractivity contribution in [3.63, 3.8) is 0 Å². The SMILES string of the molecule is CCCCC#CC(C)(O)C(C)(O)C#CCCCC. The molecule has 2 unspecified atom stereocenters. The molecule has 0 aromatic rings. The van der Waals surface area contributed by atoms with Gasteiger partial charge in [-0.05, 0) is 26.7 Å². The summed E-state index contributed by atoms with van der Waals surface area (Å²) >= 11 is 0. The second-order valence-electron chi connectivity index (χ2n) is 4.96. The van der Waals surface area contributed by atoms with Crippen LogP contribution in [0.2, 0.25) is 0 Å². The molecule has 2 N–H and O–H groups in total. The van der Waals surface area contributed by atoms with E-state index >= 15 is 0 Å². The Hall–Kier alpha value is -0.960. The molecule has 0 aromatic carbocycles. The fraction of sp³-hybridized carbons (Fsp3) is 0.750. The van der Waals surface area contributed by atoms with Gasteiger partial charge in [0.25, 0.3) is 0 Å². The van der Waals surface area contributed by atoms with Gasteiger partial charge in [0, 0.05) is 12.8 Å². The van der Waals surface area contributed by atoms with Gasteiger partial charge in [-0.2, -0.15) is 0 Å². The molecule has 0 rings (SSSR count). The molecule has 0 saturated carbocycles. The van der Waals surface area contributed by atoms with Gasteiger partial charge in [-0.25, -0.2) is 0 Å². The molecule has 0 aliphatic rings. The minimum Gasteiger partial charge on any atom is -0.374 e. The Morgan fingerprint density at radius 1 is 0.778 bits per heavy atom. The summed E-state index contributed by atoms with van der Waals surface area (Å²) in [5, 5.41) is 20.3. The zero-order valence-electron chi connectivity index (χ0n) is 12.1. The molecule has 0 amide bonds. The van der Waals surface area contributed by atoms with Crippen LogP contribution in [-0.4, -0.2) is 21.4 Å². The summed E-state index contributed by atoms with van der Waals surface area (Å²) in [6.45, 7) is 7.21. The molecule has 0 bridgehead atoms. The molecule has 18 heavy (non-hydrogen) atoms. The largest absolute Gasteiger partial charge is 0.374 e. The zero-order valence-corrected chi connectivity index (χ0v) is 12.1. The van der Waals surface area contributed by atoms with Crippen molar-refractivity contribution in [2.45, 2.75) is 77.4 Å². The third-order valence-electron chi connectivity index (χ3n) is 2.92. The van der Waals surface area contributed by atoms with Crippen molar-refractivity contribution < 1.29 is 10.2 Å². The van der Waals surface area contributed by atoms with E-state index in [2.05, 4.69) is 37.5 Å². The Kier molecular flexibility index (Phi) is 7.76. The van der Waals surface area contributed by atoms with E-state index in [1.54, 1.807) is 0 Å². The molecule has 102 valence electrons. The van der Waals surface area contributed by atoms with Gasteiger partial charge in [-0.3, -0.25) is 0 Å². The van der Waals surface area contributed by atoms with Crippen LogP contribution in [0, 0.1) is 23.7 Å². The van der Waals surface area contributed by atoms with Crippen molar-refractivity contribution >= 4 is 0 Å². The molecule has 0 fully saturated rings. The highest BCUT2D eigenvalue weighted by Gasteiger charge is 2.39.